The quantitative estimate of drug-likeness (QED) is 0.927. The molecule has 18 heavy (non-hydrogen) atoms. The van der Waals surface area contributed by atoms with Gasteiger partial charge in [-0.3, -0.25) is 9.88 Å². The Kier molecular flexibility index (Phi) is 4.76. The number of hydrogen-bond donors (Lipinski definition) is 1. The molecule has 3 nitrogen and oxygen atoms in total. The van der Waals surface area contributed by atoms with E-state index in [-0.39, 0.29) is 0 Å². The minimum absolute atomic E-state index is 0.306. The van der Waals surface area contributed by atoms with Crippen molar-refractivity contribution in [3.8, 4) is 0 Å². The van der Waals surface area contributed by atoms with E-state index in [2.05, 4.69) is 51.0 Å². The molecule has 100 valence electrons. The number of nitrogens with one attached hydrogen (secondary N) is 1. The van der Waals surface area contributed by atoms with Crippen LogP contribution < -0.4 is 5.32 Å². The maximum atomic E-state index is 4.26. The van der Waals surface area contributed by atoms with Gasteiger partial charge >= 0.3 is 0 Å². The van der Waals surface area contributed by atoms with Crippen LogP contribution >= 0.6 is 15.9 Å². The first kappa shape index (κ1) is 14.0. The Morgan fingerprint density at radius 1 is 1.39 bits per heavy atom. The van der Waals surface area contributed by atoms with E-state index >= 15 is 0 Å². The van der Waals surface area contributed by atoms with Crippen molar-refractivity contribution in [1.29, 1.82) is 0 Å². The van der Waals surface area contributed by atoms with Crippen molar-refractivity contribution in [1.82, 2.24) is 15.2 Å². The second-order valence-electron chi connectivity index (χ2n) is 5.04. The van der Waals surface area contributed by atoms with Crippen molar-refractivity contribution in [3.05, 3.63) is 28.5 Å². The van der Waals surface area contributed by atoms with Crippen molar-refractivity contribution in [2.24, 2.45) is 0 Å². The SMILES string of the molecule is CCC1(CC)CNCCN1Cc1cncc(Br)c1. The van der Waals surface area contributed by atoms with Gasteiger partial charge < -0.3 is 5.32 Å². The first-order valence-electron chi connectivity index (χ1n) is 6.75. The predicted octanol–water partition coefficient (Wildman–Crippen LogP) is 2.81. The number of rotatable bonds is 4. The van der Waals surface area contributed by atoms with Crippen LogP contribution in [0.25, 0.3) is 0 Å². The molecule has 0 aliphatic carbocycles. The second kappa shape index (κ2) is 6.13. The summed E-state index contributed by atoms with van der Waals surface area (Å²) in [6.45, 7) is 8.89. The van der Waals surface area contributed by atoms with E-state index in [0.717, 1.165) is 30.7 Å². The summed E-state index contributed by atoms with van der Waals surface area (Å²) in [6.07, 6.45) is 6.20. The molecule has 1 saturated heterocycles. The van der Waals surface area contributed by atoms with E-state index in [9.17, 15) is 0 Å². The zero-order valence-corrected chi connectivity index (χ0v) is 12.8. The number of aromatic nitrogens is 1. The largest absolute Gasteiger partial charge is 0.314 e. The van der Waals surface area contributed by atoms with Gasteiger partial charge in [-0.25, -0.2) is 0 Å². The molecule has 0 aromatic carbocycles. The molecule has 0 radical (unpaired) electrons. The lowest BCUT2D eigenvalue weighted by Gasteiger charge is -2.47. The molecule has 1 aliphatic rings. The Bertz CT molecular complexity index is 390. The molecule has 1 aromatic heterocycles. The van der Waals surface area contributed by atoms with E-state index in [0.29, 0.717) is 5.54 Å². The molecule has 1 N–H and O–H groups in total. The average molecular weight is 312 g/mol. The van der Waals surface area contributed by atoms with Gasteiger partial charge in [-0.05, 0) is 40.4 Å². The van der Waals surface area contributed by atoms with Gasteiger partial charge in [-0.15, -0.1) is 0 Å². The molecule has 4 heteroatoms. The molecule has 0 unspecified atom stereocenters. The van der Waals surface area contributed by atoms with Crippen molar-refractivity contribution in [3.63, 3.8) is 0 Å². The van der Waals surface area contributed by atoms with Crippen LogP contribution in [-0.2, 0) is 6.54 Å². The van der Waals surface area contributed by atoms with Gasteiger partial charge in [0.05, 0.1) is 0 Å². The highest BCUT2D eigenvalue weighted by Gasteiger charge is 2.35. The van der Waals surface area contributed by atoms with Crippen molar-refractivity contribution >= 4 is 15.9 Å². The van der Waals surface area contributed by atoms with Crippen molar-refractivity contribution in [2.45, 2.75) is 38.8 Å². The van der Waals surface area contributed by atoms with Gasteiger partial charge in [-0.2, -0.15) is 0 Å². The fourth-order valence-corrected chi connectivity index (χ4v) is 3.25. The monoisotopic (exact) mass is 311 g/mol. The van der Waals surface area contributed by atoms with Gasteiger partial charge in [0.25, 0.3) is 0 Å². The van der Waals surface area contributed by atoms with Crippen LogP contribution in [0.4, 0.5) is 0 Å². The van der Waals surface area contributed by atoms with Crippen molar-refractivity contribution < 1.29 is 0 Å². The normalized spacial score (nSPS) is 19.9. The summed E-state index contributed by atoms with van der Waals surface area (Å²) in [7, 11) is 0. The maximum absolute atomic E-state index is 4.26. The average Bonchev–Trinajstić information content (AvgIpc) is 2.40. The van der Waals surface area contributed by atoms with E-state index in [1.54, 1.807) is 0 Å². The predicted molar refractivity (Wildman–Crippen MR) is 78.5 cm³/mol. The Morgan fingerprint density at radius 3 is 2.83 bits per heavy atom. The van der Waals surface area contributed by atoms with Gasteiger partial charge in [0, 0.05) is 48.6 Å². The third kappa shape index (κ3) is 2.92. The van der Waals surface area contributed by atoms with Crippen LogP contribution in [0, 0.1) is 0 Å². The van der Waals surface area contributed by atoms with Crippen LogP contribution in [0.1, 0.15) is 32.3 Å². The van der Waals surface area contributed by atoms with E-state index in [1.807, 2.05) is 12.4 Å². The van der Waals surface area contributed by atoms with Gasteiger partial charge in [0.1, 0.15) is 0 Å². The molecular formula is C14H22BrN3. The highest BCUT2D eigenvalue weighted by Crippen LogP contribution is 2.27. The standard InChI is InChI=1S/C14H22BrN3/c1-3-14(4-2)11-16-5-6-18(14)10-12-7-13(15)9-17-8-12/h7-9,16H,3-6,10-11H2,1-2H3. The van der Waals surface area contributed by atoms with Crippen LogP contribution in [0.5, 0.6) is 0 Å². The lowest BCUT2D eigenvalue weighted by Crippen LogP contribution is -2.60. The van der Waals surface area contributed by atoms with Crippen LogP contribution in [0.3, 0.4) is 0 Å². The lowest BCUT2D eigenvalue weighted by molar-refractivity contribution is 0.0446. The van der Waals surface area contributed by atoms with E-state index in [4.69, 9.17) is 0 Å². The topological polar surface area (TPSA) is 28.2 Å². The summed E-state index contributed by atoms with van der Waals surface area (Å²) < 4.78 is 1.06. The third-order valence-electron chi connectivity index (χ3n) is 4.13. The Hall–Kier alpha value is -0.450. The summed E-state index contributed by atoms with van der Waals surface area (Å²) in [5.74, 6) is 0. The molecule has 2 rings (SSSR count). The molecule has 0 saturated carbocycles. The molecule has 2 heterocycles. The second-order valence-corrected chi connectivity index (χ2v) is 5.96. The fourth-order valence-electron chi connectivity index (χ4n) is 2.84. The summed E-state index contributed by atoms with van der Waals surface area (Å²) in [4.78, 5) is 6.88. The minimum Gasteiger partial charge on any atom is -0.314 e. The van der Waals surface area contributed by atoms with Crippen LogP contribution in [0.2, 0.25) is 0 Å². The smallest absolute Gasteiger partial charge is 0.0410 e. The number of nitrogens with zero attached hydrogens (tertiary/aromatic N) is 2. The fraction of sp³-hybridized carbons (Fsp3) is 0.643. The summed E-state index contributed by atoms with van der Waals surface area (Å²) in [6, 6.07) is 2.17. The maximum Gasteiger partial charge on any atom is 0.0410 e. The van der Waals surface area contributed by atoms with Gasteiger partial charge in [-0.1, -0.05) is 13.8 Å². The molecule has 0 amide bonds. The first-order valence-corrected chi connectivity index (χ1v) is 7.54. The van der Waals surface area contributed by atoms with Crippen molar-refractivity contribution in [2.75, 3.05) is 19.6 Å². The van der Waals surface area contributed by atoms with E-state index < -0.39 is 0 Å². The molecule has 1 aliphatic heterocycles. The Morgan fingerprint density at radius 2 is 2.17 bits per heavy atom. The minimum atomic E-state index is 0.306. The zero-order valence-electron chi connectivity index (χ0n) is 11.2. The Balaban J connectivity index is 2.15. The molecular weight excluding hydrogens is 290 g/mol. The summed E-state index contributed by atoms with van der Waals surface area (Å²) in [5, 5.41) is 3.54. The molecule has 0 atom stereocenters. The number of hydrogen-bond acceptors (Lipinski definition) is 3. The molecule has 1 aromatic rings. The first-order chi connectivity index (χ1) is 8.70. The van der Waals surface area contributed by atoms with Crippen LogP contribution in [0.15, 0.2) is 22.9 Å². The summed E-state index contributed by atoms with van der Waals surface area (Å²) >= 11 is 3.50. The zero-order chi connectivity index (χ0) is 13.0. The molecule has 0 bridgehead atoms. The number of pyridine rings is 1. The van der Waals surface area contributed by atoms with Gasteiger partial charge in [0.2, 0.25) is 0 Å². The Labute approximate surface area is 118 Å². The third-order valence-corrected chi connectivity index (χ3v) is 4.57. The lowest BCUT2D eigenvalue weighted by atomic mass is 9.88. The molecule has 1 fully saturated rings. The van der Waals surface area contributed by atoms with E-state index in [1.165, 1.54) is 18.4 Å². The highest BCUT2D eigenvalue weighted by molar-refractivity contribution is 9.10. The number of piperazine rings is 1. The summed E-state index contributed by atoms with van der Waals surface area (Å²) in [5.41, 5.74) is 1.60. The van der Waals surface area contributed by atoms with Crippen LogP contribution in [-0.4, -0.2) is 35.1 Å². The highest BCUT2D eigenvalue weighted by atomic mass is 79.9. The molecule has 0 spiro atoms. The number of halogens is 1. The van der Waals surface area contributed by atoms with Gasteiger partial charge in [0.15, 0.2) is 0 Å².